The van der Waals surface area contributed by atoms with Gasteiger partial charge >= 0.3 is 5.97 Å². The molecule has 0 unspecified atom stereocenters. The molecule has 0 atom stereocenters. The van der Waals surface area contributed by atoms with Gasteiger partial charge in [-0.25, -0.2) is 17.5 Å². The largest absolute Gasteiger partial charge is 0.477 e. The molecule has 19 heavy (non-hydrogen) atoms. The third-order valence-electron chi connectivity index (χ3n) is 3.23. The standard InChI is InChI=1S/C12H18N2O4S/c1-3-6-13(2)19(17,18)10-7-11(12(15)16)14(8-10)9-4-5-9/h7-9H,3-6H2,1-2H3,(H,15,16). The van der Waals surface area contributed by atoms with Gasteiger partial charge < -0.3 is 9.67 Å². The molecular formula is C12H18N2O4S. The predicted molar refractivity (Wildman–Crippen MR) is 69.8 cm³/mol. The summed E-state index contributed by atoms with van der Waals surface area (Å²) in [6.07, 6.45) is 3.96. The van der Waals surface area contributed by atoms with Crippen LogP contribution in [0.5, 0.6) is 0 Å². The minimum Gasteiger partial charge on any atom is -0.477 e. The molecule has 0 saturated heterocycles. The summed E-state index contributed by atoms with van der Waals surface area (Å²) in [6.45, 7) is 2.31. The van der Waals surface area contributed by atoms with Gasteiger partial charge in [0.2, 0.25) is 10.0 Å². The number of carboxylic acids is 1. The monoisotopic (exact) mass is 286 g/mol. The molecule has 2 rings (SSSR count). The Labute approximate surface area is 112 Å². The Balaban J connectivity index is 2.40. The van der Waals surface area contributed by atoms with Crippen molar-refractivity contribution in [2.24, 2.45) is 0 Å². The number of carbonyl (C=O) groups is 1. The molecule has 1 aromatic heterocycles. The van der Waals surface area contributed by atoms with Gasteiger partial charge in [-0.2, -0.15) is 0 Å². The van der Waals surface area contributed by atoms with Crippen LogP contribution < -0.4 is 0 Å². The molecular weight excluding hydrogens is 268 g/mol. The van der Waals surface area contributed by atoms with E-state index in [1.165, 1.54) is 23.6 Å². The van der Waals surface area contributed by atoms with Crippen LogP contribution >= 0.6 is 0 Å². The van der Waals surface area contributed by atoms with E-state index in [1.807, 2.05) is 6.92 Å². The zero-order valence-electron chi connectivity index (χ0n) is 11.0. The van der Waals surface area contributed by atoms with Gasteiger partial charge in [-0.1, -0.05) is 6.92 Å². The number of aromatic carboxylic acids is 1. The molecule has 106 valence electrons. The number of carboxylic acid groups (broad SMARTS) is 1. The SMILES string of the molecule is CCCN(C)S(=O)(=O)c1cc(C(=O)O)n(C2CC2)c1. The Morgan fingerprint density at radius 3 is 2.63 bits per heavy atom. The first kappa shape index (κ1) is 14.1. The fourth-order valence-corrected chi connectivity index (χ4v) is 3.33. The summed E-state index contributed by atoms with van der Waals surface area (Å²) in [6, 6.07) is 1.38. The van der Waals surface area contributed by atoms with Crippen molar-refractivity contribution in [3.05, 3.63) is 18.0 Å². The van der Waals surface area contributed by atoms with Crippen molar-refractivity contribution in [2.75, 3.05) is 13.6 Å². The smallest absolute Gasteiger partial charge is 0.352 e. The summed E-state index contributed by atoms with van der Waals surface area (Å²) < 4.78 is 27.4. The van der Waals surface area contributed by atoms with Gasteiger partial charge in [0.1, 0.15) is 10.6 Å². The fourth-order valence-electron chi connectivity index (χ4n) is 2.04. The maximum absolute atomic E-state index is 12.3. The number of rotatable bonds is 6. The summed E-state index contributed by atoms with van der Waals surface area (Å²) in [5, 5.41) is 9.13. The van der Waals surface area contributed by atoms with Crippen molar-refractivity contribution in [2.45, 2.75) is 37.1 Å². The summed E-state index contributed by atoms with van der Waals surface area (Å²) in [5.41, 5.74) is 0.0472. The zero-order chi connectivity index (χ0) is 14.2. The first-order valence-corrected chi connectivity index (χ1v) is 7.73. The van der Waals surface area contributed by atoms with Crippen LogP contribution in [-0.4, -0.2) is 42.0 Å². The quantitative estimate of drug-likeness (QED) is 0.860. The van der Waals surface area contributed by atoms with E-state index < -0.39 is 16.0 Å². The number of nitrogens with zero attached hydrogens (tertiary/aromatic N) is 2. The van der Waals surface area contributed by atoms with E-state index in [9.17, 15) is 13.2 Å². The Morgan fingerprint density at radius 1 is 1.53 bits per heavy atom. The van der Waals surface area contributed by atoms with Crippen LogP contribution in [0.4, 0.5) is 0 Å². The highest BCUT2D eigenvalue weighted by Gasteiger charge is 2.31. The van der Waals surface area contributed by atoms with Crippen LogP contribution in [-0.2, 0) is 10.0 Å². The lowest BCUT2D eigenvalue weighted by Gasteiger charge is -2.14. The maximum Gasteiger partial charge on any atom is 0.352 e. The van der Waals surface area contributed by atoms with E-state index in [-0.39, 0.29) is 16.6 Å². The molecule has 0 amide bonds. The highest BCUT2D eigenvalue weighted by molar-refractivity contribution is 7.89. The molecule has 6 nitrogen and oxygen atoms in total. The van der Waals surface area contributed by atoms with Gasteiger partial charge in [0.15, 0.2) is 0 Å². The predicted octanol–water partition coefficient (Wildman–Crippen LogP) is 1.55. The Bertz CT molecular complexity index is 587. The second-order valence-electron chi connectivity index (χ2n) is 4.83. The Kier molecular flexibility index (Phi) is 3.69. The molecule has 1 N–H and O–H groups in total. The fraction of sp³-hybridized carbons (Fsp3) is 0.583. The van der Waals surface area contributed by atoms with E-state index in [0.29, 0.717) is 13.0 Å². The van der Waals surface area contributed by atoms with Crippen molar-refractivity contribution in [1.82, 2.24) is 8.87 Å². The molecule has 0 aliphatic heterocycles. The number of hydrogen-bond donors (Lipinski definition) is 1. The topological polar surface area (TPSA) is 79.6 Å². The van der Waals surface area contributed by atoms with Crippen molar-refractivity contribution in [3.63, 3.8) is 0 Å². The minimum atomic E-state index is -3.59. The van der Waals surface area contributed by atoms with Crippen molar-refractivity contribution >= 4 is 16.0 Å². The summed E-state index contributed by atoms with van der Waals surface area (Å²) in [4.78, 5) is 11.2. The van der Waals surface area contributed by atoms with Gasteiger partial charge in [0.25, 0.3) is 0 Å². The van der Waals surface area contributed by atoms with Gasteiger partial charge in [-0.15, -0.1) is 0 Å². The summed E-state index contributed by atoms with van der Waals surface area (Å²) in [5.74, 6) is -1.09. The summed E-state index contributed by atoms with van der Waals surface area (Å²) >= 11 is 0. The van der Waals surface area contributed by atoms with E-state index in [2.05, 4.69) is 0 Å². The summed E-state index contributed by atoms with van der Waals surface area (Å²) in [7, 11) is -2.09. The molecule has 0 bridgehead atoms. The lowest BCUT2D eigenvalue weighted by Crippen LogP contribution is -2.27. The lowest BCUT2D eigenvalue weighted by atomic mass is 10.4. The van der Waals surface area contributed by atoms with E-state index in [4.69, 9.17) is 5.11 Å². The molecule has 1 aromatic rings. The average molecular weight is 286 g/mol. The second-order valence-corrected chi connectivity index (χ2v) is 6.88. The molecule has 1 saturated carbocycles. The number of hydrogen-bond acceptors (Lipinski definition) is 3. The van der Waals surface area contributed by atoms with Crippen LogP contribution in [0.25, 0.3) is 0 Å². The van der Waals surface area contributed by atoms with Crippen molar-refractivity contribution < 1.29 is 18.3 Å². The van der Waals surface area contributed by atoms with E-state index in [1.54, 1.807) is 4.57 Å². The lowest BCUT2D eigenvalue weighted by molar-refractivity contribution is 0.0685. The third-order valence-corrected chi connectivity index (χ3v) is 5.05. The van der Waals surface area contributed by atoms with Crippen LogP contribution in [0, 0.1) is 0 Å². The highest BCUT2D eigenvalue weighted by atomic mass is 32.2. The van der Waals surface area contributed by atoms with Gasteiger partial charge in [-0.05, 0) is 25.3 Å². The molecule has 0 spiro atoms. The van der Waals surface area contributed by atoms with Gasteiger partial charge in [0, 0.05) is 25.8 Å². The Hall–Kier alpha value is -1.34. The normalized spacial score (nSPS) is 15.9. The number of sulfonamides is 1. The van der Waals surface area contributed by atoms with Crippen LogP contribution in [0.2, 0.25) is 0 Å². The van der Waals surface area contributed by atoms with E-state index in [0.717, 1.165) is 12.8 Å². The molecule has 1 heterocycles. The first-order valence-electron chi connectivity index (χ1n) is 6.29. The second kappa shape index (κ2) is 4.97. The van der Waals surface area contributed by atoms with Crippen LogP contribution in [0.1, 0.15) is 42.7 Å². The number of aromatic nitrogens is 1. The van der Waals surface area contributed by atoms with Gasteiger partial charge in [-0.3, -0.25) is 0 Å². The Morgan fingerprint density at radius 2 is 2.16 bits per heavy atom. The van der Waals surface area contributed by atoms with Crippen LogP contribution in [0.15, 0.2) is 17.2 Å². The van der Waals surface area contributed by atoms with Gasteiger partial charge in [0.05, 0.1) is 0 Å². The first-order chi connectivity index (χ1) is 8.87. The van der Waals surface area contributed by atoms with Crippen LogP contribution in [0.3, 0.4) is 0 Å². The molecule has 1 aliphatic rings. The highest BCUT2D eigenvalue weighted by Crippen LogP contribution is 2.37. The van der Waals surface area contributed by atoms with Crippen molar-refractivity contribution in [3.8, 4) is 0 Å². The molecule has 7 heteroatoms. The molecule has 0 aromatic carbocycles. The molecule has 1 fully saturated rings. The molecule has 1 aliphatic carbocycles. The maximum atomic E-state index is 12.3. The molecule has 0 radical (unpaired) electrons. The zero-order valence-corrected chi connectivity index (χ0v) is 11.9. The van der Waals surface area contributed by atoms with Crippen molar-refractivity contribution in [1.29, 1.82) is 0 Å². The average Bonchev–Trinajstić information content (AvgIpc) is 3.07. The third kappa shape index (κ3) is 2.66. The minimum absolute atomic E-state index is 0.0472. The van der Waals surface area contributed by atoms with E-state index >= 15 is 0 Å².